The van der Waals surface area contributed by atoms with Gasteiger partial charge in [-0.05, 0) is 20.0 Å². The third-order valence-corrected chi connectivity index (χ3v) is 3.98. The molecule has 1 aliphatic rings. The van der Waals surface area contributed by atoms with Crippen LogP contribution in [0.2, 0.25) is 0 Å². The minimum absolute atomic E-state index is 0.109. The van der Waals surface area contributed by atoms with Crippen LogP contribution in [0.15, 0.2) is 30.7 Å². The van der Waals surface area contributed by atoms with E-state index in [1.165, 1.54) is 0 Å². The largest absolute Gasteiger partial charge is 0.369 e. The molecule has 0 atom stereocenters. The zero-order valence-electron chi connectivity index (χ0n) is 12.8. The van der Waals surface area contributed by atoms with Crippen LogP contribution in [0.5, 0.6) is 0 Å². The highest BCUT2D eigenvalue weighted by molar-refractivity contribution is 5.60. The van der Waals surface area contributed by atoms with E-state index < -0.39 is 0 Å². The summed E-state index contributed by atoms with van der Waals surface area (Å²) >= 11 is 0. The number of likely N-dealkylation sites (N-methyl/N-ethyl adjacent to an activating group) is 1. The number of rotatable bonds is 3. The van der Waals surface area contributed by atoms with Crippen molar-refractivity contribution < 1.29 is 4.92 Å². The van der Waals surface area contributed by atoms with Crippen LogP contribution in [0.4, 0.5) is 11.4 Å². The molecule has 0 aliphatic carbocycles. The lowest BCUT2D eigenvalue weighted by Crippen LogP contribution is -2.44. The molecule has 0 unspecified atom stereocenters. The van der Waals surface area contributed by atoms with Gasteiger partial charge < -0.3 is 14.4 Å². The van der Waals surface area contributed by atoms with Crippen LogP contribution < -0.4 is 4.90 Å². The normalized spacial score (nSPS) is 16.0. The van der Waals surface area contributed by atoms with Crippen molar-refractivity contribution in [3.8, 4) is 5.69 Å². The lowest BCUT2D eigenvalue weighted by molar-refractivity contribution is -0.384. The number of anilines is 1. The maximum atomic E-state index is 11.2. The van der Waals surface area contributed by atoms with E-state index in [1.807, 2.05) is 23.8 Å². The molecule has 0 saturated carbocycles. The van der Waals surface area contributed by atoms with Gasteiger partial charge in [0.25, 0.3) is 5.69 Å². The van der Waals surface area contributed by atoms with Crippen molar-refractivity contribution in [2.45, 2.75) is 6.92 Å². The summed E-state index contributed by atoms with van der Waals surface area (Å²) in [6, 6.07) is 5.22. The van der Waals surface area contributed by atoms with Crippen molar-refractivity contribution in [2.24, 2.45) is 0 Å². The Bertz CT molecular complexity index is 689. The predicted molar refractivity (Wildman–Crippen MR) is 84.7 cm³/mol. The van der Waals surface area contributed by atoms with Crippen LogP contribution in [-0.4, -0.2) is 52.6 Å². The summed E-state index contributed by atoms with van der Waals surface area (Å²) in [5.74, 6) is 0. The van der Waals surface area contributed by atoms with Crippen LogP contribution in [0.1, 0.15) is 5.69 Å². The Morgan fingerprint density at radius 2 is 1.82 bits per heavy atom. The van der Waals surface area contributed by atoms with E-state index in [1.54, 1.807) is 18.5 Å². The van der Waals surface area contributed by atoms with Gasteiger partial charge in [-0.25, -0.2) is 4.98 Å². The number of hydrogen-bond acceptors (Lipinski definition) is 5. The van der Waals surface area contributed by atoms with Crippen molar-refractivity contribution >= 4 is 11.4 Å². The number of hydrogen-bond donors (Lipinski definition) is 0. The fourth-order valence-corrected chi connectivity index (χ4v) is 2.64. The summed E-state index contributed by atoms with van der Waals surface area (Å²) in [5, 5.41) is 11.2. The number of benzene rings is 1. The highest BCUT2D eigenvalue weighted by Gasteiger charge is 2.18. The molecule has 1 saturated heterocycles. The second kappa shape index (κ2) is 5.76. The van der Waals surface area contributed by atoms with E-state index in [9.17, 15) is 10.1 Å². The lowest BCUT2D eigenvalue weighted by atomic mass is 10.2. The maximum Gasteiger partial charge on any atom is 0.273 e. The Morgan fingerprint density at radius 1 is 1.14 bits per heavy atom. The fourth-order valence-electron chi connectivity index (χ4n) is 2.64. The zero-order chi connectivity index (χ0) is 15.7. The van der Waals surface area contributed by atoms with Gasteiger partial charge in [0, 0.05) is 50.2 Å². The number of aryl methyl sites for hydroxylation is 1. The summed E-state index contributed by atoms with van der Waals surface area (Å²) in [6.45, 7) is 5.57. The number of nitro benzene ring substituents is 1. The number of piperazine rings is 1. The first-order valence-electron chi connectivity index (χ1n) is 7.27. The highest BCUT2D eigenvalue weighted by Crippen LogP contribution is 2.27. The third kappa shape index (κ3) is 2.94. The van der Waals surface area contributed by atoms with Gasteiger partial charge in [0.2, 0.25) is 0 Å². The molecule has 0 spiro atoms. The zero-order valence-corrected chi connectivity index (χ0v) is 12.8. The Hall–Kier alpha value is -2.41. The van der Waals surface area contributed by atoms with E-state index in [4.69, 9.17) is 0 Å². The van der Waals surface area contributed by atoms with E-state index in [0.717, 1.165) is 43.2 Å². The molecule has 0 bridgehead atoms. The lowest BCUT2D eigenvalue weighted by Gasteiger charge is -2.34. The number of aromatic nitrogens is 2. The van der Waals surface area contributed by atoms with Crippen molar-refractivity contribution in [1.29, 1.82) is 0 Å². The van der Waals surface area contributed by atoms with E-state index in [2.05, 4.69) is 21.8 Å². The molecule has 3 rings (SSSR count). The number of imidazole rings is 1. The predicted octanol–water partition coefficient (Wildman–Crippen LogP) is 1.84. The Labute approximate surface area is 128 Å². The molecule has 2 aromatic rings. The van der Waals surface area contributed by atoms with E-state index in [-0.39, 0.29) is 10.6 Å². The fraction of sp³-hybridized carbons (Fsp3) is 0.400. The smallest absolute Gasteiger partial charge is 0.273 e. The quantitative estimate of drug-likeness (QED) is 0.639. The second-order valence-electron chi connectivity index (χ2n) is 5.68. The molecule has 22 heavy (non-hydrogen) atoms. The SMILES string of the molecule is Cc1cn(-c2cc(N3CCN(C)CC3)cc([N+](=O)[O-])c2)cn1. The molecule has 0 radical (unpaired) electrons. The third-order valence-electron chi connectivity index (χ3n) is 3.98. The van der Waals surface area contributed by atoms with Crippen molar-refractivity contribution in [1.82, 2.24) is 14.5 Å². The van der Waals surface area contributed by atoms with E-state index in [0.29, 0.717) is 0 Å². The van der Waals surface area contributed by atoms with E-state index >= 15 is 0 Å². The minimum atomic E-state index is -0.340. The number of nitrogens with zero attached hydrogens (tertiary/aromatic N) is 5. The van der Waals surface area contributed by atoms with Gasteiger partial charge in [0.15, 0.2) is 0 Å². The summed E-state index contributed by atoms with van der Waals surface area (Å²) in [6.07, 6.45) is 3.55. The van der Waals surface area contributed by atoms with Gasteiger partial charge in [-0.1, -0.05) is 0 Å². The molecule has 1 fully saturated rings. The van der Waals surface area contributed by atoms with Gasteiger partial charge in [-0.3, -0.25) is 10.1 Å². The summed E-state index contributed by atoms with van der Waals surface area (Å²) in [4.78, 5) is 19.5. The van der Waals surface area contributed by atoms with Crippen molar-refractivity contribution in [3.05, 3.63) is 46.5 Å². The number of nitro groups is 1. The van der Waals surface area contributed by atoms with Crippen LogP contribution in [0, 0.1) is 17.0 Å². The van der Waals surface area contributed by atoms with Crippen molar-refractivity contribution in [2.75, 3.05) is 38.1 Å². The van der Waals surface area contributed by atoms with Crippen LogP contribution >= 0.6 is 0 Å². The number of non-ortho nitro benzene ring substituents is 1. The minimum Gasteiger partial charge on any atom is -0.369 e. The monoisotopic (exact) mass is 301 g/mol. The summed E-state index contributed by atoms with van der Waals surface area (Å²) in [5.41, 5.74) is 2.65. The summed E-state index contributed by atoms with van der Waals surface area (Å²) < 4.78 is 1.82. The van der Waals surface area contributed by atoms with Gasteiger partial charge in [-0.2, -0.15) is 0 Å². The molecule has 7 nitrogen and oxygen atoms in total. The average Bonchev–Trinajstić information content (AvgIpc) is 2.94. The molecule has 1 aromatic carbocycles. The molecular weight excluding hydrogens is 282 g/mol. The van der Waals surface area contributed by atoms with Gasteiger partial charge in [0.05, 0.1) is 22.6 Å². The molecule has 0 amide bonds. The first-order chi connectivity index (χ1) is 10.5. The van der Waals surface area contributed by atoms with Gasteiger partial charge in [-0.15, -0.1) is 0 Å². The molecular formula is C15H19N5O2. The molecule has 2 heterocycles. The Balaban J connectivity index is 1.99. The van der Waals surface area contributed by atoms with Crippen LogP contribution in [0.3, 0.4) is 0 Å². The first-order valence-corrected chi connectivity index (χ1v) is 7.27. The van der Waals surface area contributed by atoms with Gasteiger partial charge >= 0.3 is 0 Å². The Kier molecular flexibility index (Phi) is 3.81. The van der Waals surface area contributed by atoms with Crippen LogP contribution in [-0.2, 0) is 0 Å². The topological polar surface area (TPSA) is 67.4 Å². The van der Waals surface area contributed by atoms with Crippen molar-refractivity contribution in [3.63, 3.8) is 0 Å². The standard InChI is InChI=1S/C15H19N5O2/c1-12-10-19(11-16-12)14-7-13(8-15(9-14)20(21)22)18-5-3-17(2)4-6-18/h7-11H,3-6H2,1-2H3. The first kappa shape index (κ1) is 14.5. The molecule has 1 aromatic heterocycles. The second-order valence-corrected chi connectivity index (χ2v) is 5.68. The highest BCUT2D eigenvalue weighted by atomic mass is 16.6. The molecule has 116 valence electrons. The maximum absolute atomic E-state index is 11.2. The Morgan fingerprint density at radius 3 is 2.41 bits per heavy atom. The molecule has 1 aliphatic heterocycles. The van der Waals surface area contributed by atoms with Gasteiger partial charge in [0.1, 0.15) is 0 Å². The average molecular weight is 301 g/mol. The molecule has 0 N–H and O–H groups in total. The van der Waals surface area contributed by atoms with Crippen LogP contribution in [0.25, 0.3) is 5.69 Å². The molecule has 7 heteroatoms. The summed E-state index contributed by atoms with van der Waals surface area (Å²) in [7, 11) is 2.09.